The summed E-state index contributed by atoms with van der Waals surface area (Å²) < 4.78 is 10.3. The van der Waals surface area contributed by atoms with Crippen molar-refractivity contribution in [2.75, 3.05) is 26.7 Å². The number of nitrogens with one attached hydrogen (secondary N) is 1. The first-order chi connectivity index (χ1) is 12.7. The number of hydrogen-bond donors (Lipinski definition) is 1. The topological polar surface area (TPSA) is 80.5 Å². The average molecular weight is 379 g/mol. The van der Waals surface area contributed by atoms with Gasteiger partial charge in [-0.2, -0.15) is 4.98 Å². The van der Waals surface area contributed by atoms with Crippen LogP contribution in [0.5, 0.6) is 0 Å². The Kier molecular flexibility index (Phi) is 6.60. The molecule has 140 valence electrons. The minimum Gasteiger partial charge on any atom is -0.377 e. The third kappa shape index (κ3) is 5.03. The molecule has 0 saturated carbocycles. The molecule has 3 rings (SSSR count). The summed E-state index contributed by atoms with van der Waals surface area (Å²) in [5.74, 6) is 1.41. The zero-order chi connectivity index (χ0) is 18.4. The van der Waals surface area contributed by atoms with E-state index in [1.165, 1.54) is 0 Å². The van der Waals surface area contributed by atoms with Crippen molar-refractivity contribution < 1.29 is 14.1 Å². The molecule has 1 fully saturated rings. The normalized spacial score (nSPS) is 18.0. The van der Waals surface area contributed by atoms with Crippen LogP contribution in [0.1, 0.15) is 34.9 Å². The Labute approximate surface area is 157 Å². The third-order valence-corrected chi connectivity index (χ3v) is 4.74. The first-order valence-corrected chi connectivity index (χ1v) is 9.09. The standard InChI is InChI=1S/C18H23ClN4O3/c1-25-12-16-21-17(26-22-16)11-23-8-4-5-13(10-23)9-20-18(24)14-6-2-3-7-15(14)19/h2-3,6-7,13H,4-5,8-12H2,1H3,(H,20,24)/t13-/m0/s1. The van der Waals surface area contributed by atoms with Gasteiger partial charge in [0.05, 0.1) is 17.1 Å². The number of halogens is 1. The van der Waals surface area contributed by atoms with Crippen molar-refractivity contribution in [3.8, 4) is 0 Å². The number of methoxy groups -OCH3 is 1. The summed E-state index contributed by atoms with van der Waals surface area (Å²) in [4.78, 5) is 18.9. The maximum absolute atomic E-state index is 12.3. The molecule has 1 saturated heterocycles. The van der Waals surface area contributed by atoms with E-state index in [9.17, 15) is 4.79 Å². The number of aromatic nitrogens is 2. The van der Waals surface area contributed by atoms with Gasteiger partial charge in [-0.15, -0.1) is 0 Å². The van der Waals surface area contributed by atoms with Crippen molar-refractivity contribution in [2.45, 2.75) is 26.0 Å². The largest absolute Gasteiger partial charge is 0.377 e. The Balaban J connectivity index is 1.48. The monoisotopic (exact) mass is 378 g/mol. The molecule has 1 amide bonds. The smallest absolute Gasteiger partial charge is 0.252 e. The number of likely N-dealkylation sites (tertiary alicyclic amines) is 1. The van der Waals surface area contributed by atoms with Crippen LogP contribution in [0.15, 0.2) is 28.8 Å². The lowest BCUT2D eigenvalue weighted by Gasteiger charge is -2.31. The maximum atomic E-state index is 12.3. The average Bonchev–Trinajstić information content (AvgIpc) is 3.08. The second-order valence-electron chi connectivity index (χ2n) is 6.47. The fraction of sp³-hybridized carbons (Fsp3) is 0.500. The van der Waals surface area contributed by atoms with Crippen molar-refractivity contribution in [1.29, 1.82) is 0 Å². The Bertz CT molecular complexity index is 737. The number of ether oxygens (including phenoxy) is 1. The van der Waals surface area contributed by atoms with E-state index in [-0.39, 0.29) is 5.91 Å². The van der Waals surface area contributed by atoms with E-state index in [1.54, 1.807) is 19.2 Å². The summed E-state index contributed by atoms with van der Waals surface area (Å²) in [6.07, 6.45) is 2.16. The lowest BCUT2D eigenvalue weighted by Crippen LogP contribution is -2.40. The Morgan fingerprint density at radius 2 is 2.31 bits per heavy atom. The summed E-state index contributed by atoms with van der Waals surface area (Å²) in [6.45, 7) is 3.45. The molecule has 0 radical (unpaired) electrons. The molecule has 26 heavy (non-hydrogen) atoms. The molecule has 1 atom stereocenters. The SMILES string of the molecule is COCc1noc(CN2CCC[C@@H](CNC(=O)c3ccccc3Cl)C2)n1. The number of hydrogen-bond acceptors (Lipinski definition) is 6. The summed E-state index contributed by atoms with van der Waals surface area (Å²) in [5, 5.41) is 7.35. The molecule has 2 heterocycles. The summed E-state index contributed by atoms with van der Waals surface area (Å²) in [7, 11) is 1.60. The lowest BCUT2D eigenvalue weighted by molar-refractivity contribution is 0.0926. The number of amides is 1. The van der Waals surface area contributed by atoms with Crippen LogP contribution in [0, 0.1) is 5.92 Å². The molecular formula is C18H23ClN4O3. The van der Waals surface area contributed by atoms with E-state index in [0.29, 0.717) is 47.9 Å². The van der Waals surface area contributed by atoms with Gasteiger partial charge in [0.25, 0.3) is 5.91 Å². The molecule has 7 nitrogen and oxygen atoms in total. The Hall–Kier alpha value is -1.96. The quantitative estimate of drug-likeness (QED) is 0.797. The molecular weight excluding hydrogens is 356 g/mol. The van der Waals surface area contributed by atoms with E-state index in [4.69, 9.17) is 20.9 Å². The number of carbonyl (C=O) groups is 1. The van der Waals surface area contributed by atoms with Crippen LogP contribution in [0.4, 0.5) is 0 Å². The van der Waals surface area contributed by atoms with Gasteiger partial charge in [0.1, 0.15) is 6.61 Å². The highest BCUT2D eigenvalue weighted by Gasteiger charge is 2.22. The van der Waals surface area contributed by atoms with E-state index < -0.39 is 0 Å². The molecule has 8 heteroatoms. The fourth-order valence-corrected chi connectivity index (χ4v) is 3.39. The first-order valence-electron chi connectivity index (χ1n) is 8.71. The number of carbonyl (C=O) groups excluding carboxylic acids is 1. The molecule has 1 aliphatic rings. The van der Waals surface area contributed by atoms with Gasteiger partial charge in [-0.05, 0) is 37.4 Å². The molecule has 0 aliphatic carbocycles. The van der Waals surface area contributed by atoms with Gasteiger partial charge in [0.15, 0.2) is 5.82 Å². The first kappa shape index (κ1) is 18.8. The number of benzene rings is 1. The highest BCUT2D eigenvalue weighted by molar-refractivity contribution is 6.33. The van der Waals surface area contributed by atoms with Crippen molar-refractivity contribution in [3.05, 3.63) is 46.6 Å². The Morgan fingerprint density at radius 1 is 1.46 bits per heavy atom. The van der Waals surface area contributed by atoms with Gasteiger partial charge in [-0.3, -0.25) is 9.69 Å². The van der Waals surface area contributed by atoms with Crippen LogP contribution in [0.2, 0.25) is 5.02 Å². The third-order valence-electron chi connectivity index (χ3n) is 4.42. The van der Waals surface area contributed by atoms with Gasteiger partial charge in [-0.25, -0.2) is 0 Å². The molecule has 0 unspecified atom stereocenters. The van der Waals surface area contributed by atoms with Crippen molar-refractivity contribution in [1.82, 2.24) is 20.4 Å². The molecule has 1 N–H and O–H groups in total. The van der Waals surface area contributed by atoms with Gasteiger partial charge in [0, 0.05) is 20.2 Å². The minimum atomic E-state index is -0.131. The van der Waals surface area contributed by atoms with Crippen molar-refractivity contribution in [3.63, 3.8) is 0 Å². The maximum Gasteiger partial charge on any atom is 0.252 e. The minimum absolute atomic E-state index is 0.131. The van der Waals surface area contributed by atoms with E-state index >= 15 is 0 Å². The van der Waals surface area contributed by atoms with Crippen LogP contribution in [0.3, 0.4) is 0 Å². The molecule has 0 spiro atoms. The zero-order valence-electron chi connectivity index (χ0n) is 14.8. The van der Waals surface area contributed by atoms with Gasteiger partial charge in [0.2, 0.25) is 5.89 Å². The predicted molar refractivity (Wildman–Crippen MR) is 96.8 cm³/mol. The van der Waals surface area contributed by atoms with Crippen LogP contribution in [0.25, 0.3) is 0 Å². The van der Waals surface area contributed by atoms with E-state index in [2.05, 4.69) is 20.4 Å². The molecule has 0 bridgehead atoms. The fourth-order valence-electron chi connectivity index (χ4n) is 3.17. The molecule has 1 aromatic heterocycles. The van der Waals surface area contributed by atoms with E-state index in [1.807, 2.05) is 12.1 Å². The zero-order valence-corrected chi connectivity index (χ0v) is 15.5. The van der Waals surface area contributed by atoms with Gasteiger partial charge < -0.3 is 14.6 Å². The highest BCUT2D eigenvalue weighted by Crippen LogP contribution is 2.19. The van der Waals surface area contributed by atoms with Crippen molar-refractivity contribution >= 4 is 17.5 Å². The summed E-state index contributed by atoms with van der Waals surface area (Å²) >= 11 is 6.08. The number of nitrogens with zero attached hydrogens (tertiary/aromatic N) is 3. The summed E-state index contributed by atoms with van der Waals surface area (Å²) in [6, 6.07) is 7.08. The molecule has 2 aromatic rings. The van der Waals surface area contributed by atoms with Crippen LogP contribution < -0.4 is 5.32 Å². The summed E-state index contributed by atoms with van der Waals surface area (Å²) in [5.41, 5.74) is 0.512. The molecule has 1 aromatic carbocycles. The van der Waals surface area contributed by atoms with E-state index in [0.717, 1.165) is 25.9 Å². The van der Waals surface area contributed by atoms with Gasteiger partial charge in [-0.1, -0.05) is 28.9 Å². The number of rotatable bonds is 7. The highest BCUT2D eigenvalue weighted by atomic mass is 35.5. The second kappa shape index (κ2) is 9.12. The molecule has 1 aliphatic heterocycles. The van der Waals surface area contributed by atoms with Crippen LogP contribution >= 0.6 is 11.6 Å². The Morgan fingerprint density at radius 3 is 3.12 bits per heavy atom. The van der Waals surface area contributed by atoms with Crippen molar-refractivity contribution in [2.24, 2.45) is 5.92 Å². The number of piperidine rings is 1. The van der Waals surface area contributed by atoms with Crippen LogP contribution in [-0.4, -0.2) is 47.7 Å². The second-order valence-corrected chi connectivity index (χ2v) is 6.88. The van der Waals surface area contributed by atoms with Crippen LogP contribution in [-0.2, 0) is 17.9 Å². The van der Waals surface area contributed by atoms with Gasteiger partial charge >= 0.3 is 0 Å². The predicted octanol–water partition coefficient (Wildman–Crippen LogP) is 2.51. The lowest BCUT2D eigenvalue weighted by atomic mass is 9.98.